The van der Waals surface area contributed by atoms with Crippen molar-refractivity contribution >= 4 is 34.1 Å². The van der Waals surface area contributed by atoms with Crippen LogP contribution in [0.15, 0.2) is 54.6 Å². The number of nitrogens with zero attached hydrogens (tertiary/aromatic N) is 2. The molecule has 1 heterocycles. The zero-order valence-electron chi connectivity index (χ0n) is 13.5. The van der Waals surface area contributed by atoms with Crippen LogP contribution in [0.3, 0.4) is 0 Å². The second kappa shape index (κ2) is 6.53. The first-order valence-corrected chi connectivity index (χ1v) is 8.73. The molecule has 0 bridgehead atoms. The average molecular weight is 363 g/mol. The van der Waals surface area contributed by atoms with E-state index in [1.807, 2.05) is 18.2 Å². The molecule has 4 rings (SSSR count). The molecule has 0 aliphatic heterocycles. The number of aromatic nitrogens is 1. The van der Waals surface area contributed by atoms with Gasteiger partial charge in [0.15, 0.2) is 5.13 Å². The molecule has 0 atom stereocenters. The van der Waals surface area contributed by atoms with Gasteiger partial charge in [0, 0.05) is 35.1 Å². The standard InChI is InChI=1S/C19H13N3O3S/c23-17(9-8-12-4-3-6-14(10-12)22(24)25)20-19-21-18-15-7-2-1-5-13(15)11-16(18)26-19/h1-10H,11H2,(H,20,21,23)/b9-8+. The summed E-state index contributed by atoms with van der Waals surface area (Å²) in [6.45, 7) is 0. The van der Waals surface area contributed by atoms with Crippen LogP contribution in [0.1, 0.15) is 16.0 Å². The molecule has 2 aromatic carbocycles. The van der Waals surface area contributed by atoms with Crippen LogP contribution in [-0.2, 0) is 11.2 Å². The lowest BCUT2D eigenvalue weighted by atomic mass is 10.1. The van der Waals surface area contributed by atoms with Crippen LogP contribution in [0.5, 0.6) is 0 Å². The summed E-state index contributed by atoms with van der Waals surface area (Å²) in [5.74, 6) is -0.322. The molecule has 1 N–H and O–H groups in total. The molecule has 6 nitrogen and oxygen atoms in total. The Morgan fingerprint density at radius 3 is 2.92 bits per heavy atom. The Balaban J connectivity index is 1.47. The van der Waals surface area contributed by atoms with Crippen LogP contribution in [0, 0.1) is 10.1 Å². The summed E-state index contributed by atoms with van der Waals surface area (Å²) in [6, 6.07) is 14.2. The number of nitro groups is 1. The number of rotatable bonds is 4. The van der Waals surface area contributed by atoms with Crippen molar-refractivity contribution < 1.29 is 9.72 Å². The van der Waals surface area contributed by atoms with Gasteiger partial charge < -0.3 is 0 Å². The van der Waals surface area contributed by atoms with Crippen LogP contribution >= 0.6 is 11.3 Å². The highest BCUT2D eigenvalue weighted by Crippen LogP contribution is 2.40. The number of fused-ring (bicyclic) bond motifs is 3. The third kappa shape index (κ3) is 3.12. The van der Waals surface area contributed by atoms with Crippen LogP contribution in [-0.4, -0.2) is 15.8 Å². The number of benzene rings is 2. The zero-order chi connectivity index (χ0) is 18.1. The van der Waals surface area contributed by atoms with Gasteiger partial charge in [-0.25, -0.2) is 4.98 Å². The molecular formula is C19H13N3O3S. The van der Waals surface area contributed by atoms with Crippen molar-refractivity contribution in [3.63, 3.8) is 0 Å². The second-order valence-corrected chi connectivity index (χ2v) is 6.88. The summed E-state index contributed by atoms with van der Waals surface area (Å²) in [6.07, 6.45) is 3.72. The molecule has 3 aromatic rings. The van der Waals surface area contributed by atoms with E-state index in [0.717, 1.165) is 22.6 Å². The van der Waals surface area contributed by atoms with Crippen LogP contribution in [0.4, 0.5) is 10.8 Å². The zero-order valence-corrected chi connectivity index (χ0v) is 14.3. The van der Waals surface area contributed by atoms with E-state index in [1.54, 1.807) is 18.2 Å². The highest BCUT2D eigenvalue weighted by Gasteiger charge is 2.23. The Morgan fingerprint density at radius 2 is 2.08 bits per heavy atom. The molecule has 0 saturated carbocycles. The van der Waals surface area contributed by atoms with Crippen molar-refractivity contribution in [2.24, 2.45) is 0 Å². The summed E-state index contributed by atoms with van der Waals surface area (Å²) in [5, 5.41) is 14.1. The molecule has 26 heavy (non-hydrogen) atoms. The van der Waals surface area contributed by atoms with E-state index < -0.39 is 4.92 Å². The van der Waals surface area contributed by atoms with E-state index in [2.05, 4.69) is 16.4 Å². The van der Waals surface area contributed by atoms with E-state index in [9.17, 15) is 14.9 Å². The summed E-state index contributed by atoms with van der Waals surface area (Å²) < 4.78 is 0. The van der Waals surface area contributed by atoms with Gasteiger partial charge in [0.25, 0.3) is 5.69 Å². The topological polar surface area (TPSA) is 85.1 Å². The molecule has 0 unspecified atom stereocenters. The molecule has 1 aromatic heterocycles. The largest absolute Gasteiger partial charge is 0.298 e. The van der Waals surface area contributed by atoms with E-state index in [1.165, 1.54) is 35.1 Å². The minimum absolute atomic E-state index is 0.0115. The SMILES string of the molecule is O=C(/C=C/c1cccc([N+](=O)[O-])c1)Nc1nc2c(s1)Cc1ccccc1-2. The number of thiazole rings is 1. The minimum Gasteiger partial charge on any atom is -0.298 e. The fourth-order valence-corrected chi connectivity index (χ4v) is 3.88. The normalized spacial score (nSPS) is 12.0. The number of carbonyl (C=O) groups excluding carboxylic acids is 1. The predicted molar refractivity (Wildman–Crippen MR) is 101 cm³/mol. The Morgan fingerprint density at radius 1 is 1.23 bits per heavy atom. The number of carbonyl (C=O) groups is 1. The van der Waals surface area contributed by atoms with Crippen molar-refractivity contribution in [3.05, 3.63) is 80.7 Å². The fraction of sp³-hybridized carbons (Fsp3) is 0.0526. The molecule has 128 valence electrons. The lowest BCUT2D eigenvalue weighted by Gasteiger charge is -1.99. The maximum atomic E-state index is 12.1. The molecule has 1 amide bonds. The van der Waals surface area contributed by atoms with Gasteiger partial charge in [-0.2, -0.15) is 0 Å². The first-order chi connectivity index (χ1) is 12.6. The first-order valence-electron chi connectivity index (χ1n) is 7.91. The highest BCUT2D eigenvalue weighted by molar-refractivity contribution is 7.16. The fourth-order valence-electron chi connectivity index (χ4n) is 2.87. The molecule has 1 aliphatic carbocycles. The Hall–Kier alpha value is -3.32. The van der Waals surface area contributed by atoms with Crippen molar-refractivity contribution in [2.45, 2.75) is 6.42 Å². The summed E-state index contributed by atoms with van der Waals surface area (Å²) in [4.78, 5) is 28.1. The summed E-state index contributed by atoms with van der Waals surface area (Å²) in [7, 11) is 0. The van der Waals surface area contributed by atoms with E-state index >= 15 is 0 Å². The minimum atomic E-state index is -0.466. The van der Waals surface area contributed by atoms with Crippen LogP contribution < -0.4 is 5.32 Å². The van der Waals surface area contributed by atoms with Gasteiger partial charge >= 0.3 is 0 Å². The summed E-state index contributed by atoms with van der Waals surface area (Å²) in [5.41, 5.74) is 3.88. The van der Waals surface area contributed by atoms with Gasteiger partial charge in [0.2, 0.25) is 5.91 Å². The Labute approximate surface area is 153 Å². The number of nitrogens with one attached hydrogen (secondary N) is 1. The van der Waals surface area contributed by atoms with Crippen molar-refractivity contribution in [1.29, 1.82) is 0 Å². The van der Waals surface area contributed by atoms with Crippen molar-refractivity contribution in [1.82, 2.24) is 4.98 Å². The van der Waals surface area contributed by atoms with E-state index in [0.29, 0.717) is 10.7 Å². The number of amides is 1. The number of nitro benzene ring substituents is 1. The smallest absolute Gasteiger partial charge is 0.270 e. The Bertz CT molecular complexity index is 1060. The number of hydrogen-bond acceptors (Lipinski definition) is 5. The molecule has 7 heteroatoms. The first kappa shape index (κ1) is 16.2. The van der Waals surface area contributed by atoms with Gasteiger partial charge in [-0.3, -0.25) is 20.2 Å². The maximum absolute atomic E-state index is 12.1. The monoisotopic (exact) mass is 363 g/mol. The van der Waals surface area contributed by atoms with Gasteiger partial charge in [0.05, 0.1) is 10.6 Å². The van der Waals surface area contributed by atoms with Gasteiger partial charge in [-0.15, -0.1) is 11.3 Å². The Kier molecular flexibility index (Phi) is 4.06. The van der Waals surface area contributed by atoms with Crippen molar-refractivity contribution in [2.75, 3.05) is 5.32 Å². The molecule has 1 aliphatic rings. The quantitative estimate of drug-likeness (QED) is 0.333. The van der Waals surface area contributed by atoms with Crippen molar-refractivity contribution in [3.8, 4) is 11.3 Å². The number of non-ortho nitro benzene ring substituents is 1. The third-order valence-electron chi connectivity index (χ3n) is 4.06. The van der Waals surface area contributed by atoms with Crippen LogP contribution in [0.25, 0.3) is 17.3 Å². The van der Waals surface area contributed by atoms with Gasteiger partial charge in [-0.1, -0.05) is 36.4 Å². The van der Waals surface area contributed by atoms with E-state index in [-0.39, 0.29) is 11.6 Å². The third-order valence-corrected chi connectivity index (χ3v) is 5.03. The molecule has 0 radical (unpaired) electrons. The molecule has 0 fully saturated rings. The van der Waals surface area contributed by atoms with E-state index in [4.69, 9.17) is 0 Å². The second-order valence-electron chi connectivity index (χ2n) is 5.80. The summed E-state index contributed by atoms with van der Waals surface area (Å²) >= 11 is 1.47. The lowest BCUT2D eigenvalue weighted by molar-refractivity contribution is -0.384. The van der Waals surface area contributed by atoms with Gasteiger partial charge in [0.1, 0.15) is 0 Å². The van der Waals surface area contributed by atoms with Crippen LogP contribution in [0.2, 0.25) is 0 Å². The predicted octanol–water partition coefficient (Wildman–Crippen LogP) is 4.27. The maximum Gasteiger partial charge on any atom is 0.270 e. The molecular weight excluding hydrogens is 350 g/mol. The highest BCUT2D eigenvalue weighted by atomic mass is 32.1. The molecule has 0 saturated heterocycles. The average Bonchev–Trinajstić information content (AvgIpc) is 3.17. The molecule has 0 spiro atoms. The van der Waals surface area contributed by atoms with Gasteiger partial charge in [-0.05, 0) is 17.2 Å². The number of anilines is 1. The number of hydrogen-bond donors (Lipinski definition) is 1. The lowest BCUT2D eigenvalue weighted by Crippen LogP contribution is -2.07.